The third-order valence-electron chi connectivity index (χ3n) is 9.45. The molecule has 20 heteroatoms. The first-order valence-electron chi connectivity index (χ1n) is 15.9. The molecule has 1 saturated carbocycles. The smallest absolute Gasteiger partial charge is 0.397 e. The molecule has 280 valence electrons. The molecule has 0 spiro atoms. The van der Waals surface area contributed by atoms with Gasteiger partial charge in [-0.25, -0.2) is 17.2 Å². The van der Waals surface area contributed by atoms with E-state index in [9.17, 15) is 35.2 Å². The van der Waals surface area contributed by atoms with Crippen LogP contribution >= 0.6 is 11.6 Å². The number of benzene rings is 2. The fourth-order valence-electron chi connectivity index (χ4n) is 7.34. The first-order valence-corrected chi connectivity index (χ1v) is 18.2. The summed E-state index contributed by atoms with van der Waals surface area (Å²) in [5.41, 5.74) is 4.06. The minimum atomic E-state index is -5.06. The number of aromatic nitrogens is 5. The summed E-state index contributed by atoms with van der Waals surface area (Å²) in [4.78, 5) is 18.2. The number of sulfonamides is 1. The van der Waals surface area contributed by atoms with Crippen LogP contribution in [0.4, 0.5) is 42.2 Å². The SMILES string of the molecule is Cn1nc(NS(C)(=O)=O)c2c(Cl)ccc(-c3cc(N)cnc3[C@H](Cc3cc(F)cc(F)c3)NC(=O)Cn3nc(C(F)(F)F)c4c3C(F)(F)[C@@H]3CC[C@H]43)c21. The monoisotopic (exact) mass is 784 g/mol. The Labute approximate surface area is 301 Å². The van der Waals surface area contributed by atoms with Gasteiger partial charge in [-0.2, -0.15) is 32.1 Å². The molecule has 7 rings (SSSR count). The number of halogens is 8. The largest absolute Gasteiger partial charge is 0.435 e. The van der Waals surface area contributed by atoms with Crippen LogP contribution in [0.3, 0.4) is 0 Å². The van der Waals surface area contributed by atoms with Crippen LogP contribution in [0.5, 0.6) is 0 Å². The van der Waals surface area contributed by atoms with E-state index in [1.165, 1.54) is 30.1 Å². The highest BCUT2D eigenvalue weighted by molar-refractivity contribution is 7.92. The maximum atomic E-state index is 15.5. The van der Waals surface area contributed by atoms with E-state index >= 15 is 8.78 Å². The average Bonchev–Trinajstić information content (AvgIpc) is 3.57. The molecule has 5 aromatic rings. The Morgan fingerprint density at radius 3 is 2.42 bits per heavy atom. The molecule has 2 aliphatic rings. The van der Waals surface area contributed by atoms with Gasteiger partial charge in [-0.15, -0.1) is 0 Å². The van der Waals surface area contributed by atoms with Crippen LogP contribution in [-0.2, 0) is 46.9 Å². The van der Waals surface area contributed by atoms with Gasteiger partial charge in [-0.1, -0.05) is 17.7 Å². The van der Waals surface area contributed by atoms with E-state index in [0.29, 0.717) is 16.3 Å². The minimum Gasteiger partial charge on any atom is -0.397 e. The standard InChI is InChI=1S/C33H28ClF7N8O3S/c1-48-28-18(4-6-22(34)26(28)31(46-48)47-53(2,51)52)20-11-17(42)12-43-27(20)23(9-14-7-15(35)10-16(36)8-14)44-24(50)13-49-30-25(29(45-49)33(39,40)41)19-3-5-21(19)32(30,37)38/h4,6-8,10-12,19,21,23H,3,5,9,13,42H2,1-2H3,(H,44,50)(H,46,47)/t19-,21+,23-/m0/s1. The average molecular weight is 785 g/mol. The van der Waals surface area contributed by atoms with Crippen LogP contribution in [0.2, 0.25) is 5.02 Å². The maximum absolute atomic E-state index is 15.5. The molecule has 0 saturated heterocycles. The van der Waals surface area contributed by atoms with Gasteiger partial charge < -0.3 is 11.1 Å². The lowest BCUT2D eigenvalue weighted by molar-refractivity contribution is -0.144. The van der Waals surface area contributed by atoms with Gasteiger partial charge in [0.1, 0.15) is 23.9 Å². The van der Waals surface area contributed by atoms with Crippen LogP contribution in [0.25, 0.3) is 22.0 Å². The molecule has 1 fully saturated rings. The number of rotatable bonds is 9. The van der Waals surface area contributed by atoms with Crippen molar-refractivity contribution in [2.75, 3.05) is 16.7 Å². The zero-order valence-electron chi connectivity index (χ0n) is 27.6. The van der Waals surface area contributed by atoms with Crippen molar-refractivity contribution >= 4 is 49.9 Å². The van der Waals surface area contributed by atoms with Crippen molar-refractivity contribution in [3.63, 3.8) is 0 Å². The molecule has 0 radical (unpaired) electrons. The van der Waals surface area contributed by atoms with E-state index in [4.69, 9.17) is 17.3 Å². The number of aryl methyl sites for hydroxylation is 1. The molecule has 2 aliphatic carbocycles. The van der Waals surface area contributed by atoms with Gasteiger partial charge in [0.05, 0.1) is 45.8 Å². The molecule has 1 amide bonds. The molecule has 4 N–H and O–H groups in total. The van der Waals surface area contributed by atoms with Crippen molar-refractivity contribution in [2.45, 2.75) is 49.9 Å². The van der Waals surface area contributed by atoms with Gasteiger partial charge in [-0.05, 0) is 55.0 Å². The Hall–Kier alpha value is -4.91. The number of hydrogen-bond acceptors (Lipinski definition) is 7. The van der Waals surface area contributed by atoms with Crippen molar-refractivity contribution < 1.29 is 43.9 Å². The maximum Gasteiger partial charge on any atom is 0.435 e. The fourth-order valence-corrected chi connectivity index (χ4v) is 8.08. The van der Waals surface area contributed by atoms with E-state index in [1.54, 1.807) is 6.07 Å². The number of pyridine rings is 1. The van der Waals surface area contributed by atoms with Crippen LogP contribution in [0.15, 0.2) is 42.6 Å². The van der Waals surface area contributed by atoms with Crippen LogP contribution in [0, 0.1) is 17.6 Å². The van der Waals surface area contributed by atoms with Crippen molar-refractivity contribution in [3.8, 4) is 11.1 Å². The molecular weight excluding hydrogens is 757 g/mol. The lowest BCUT2D eigenvalue weighted by Crippen LogP contribution is -2.36. The van der Waals surface area contributed by atoms with Crippen LogP contribution in [0.1, 0.15) is 53.0 Å². The number of nitrogens with two attached hydrogens (primary N) is 1. The second-order valence-electron chi connectivity index (χ2n) is 13.1. The van der Waals surface area contributed by atoms with Gasteiger partial charge >= 0.3 is 6.18 Å². The zero-order chi connectivity index (χ0) is 38.4. The molecule has 0 aliphatic heterocycles. The highest BCUT2D eigenvalue weighted by atomic mass is 35.5. The molecule has 3 aromatic heterocycles. The summed E-state index contributed by atoms with van der Waals surface area (Å²) in [7, 11) is -2.32. The second-order valence-corrected chi connectivity index (χ2v) is 15.3. The Bertz CT molecular complexity index is 2410. The number of carbonyl (C=O) groups excluding carboxylic acids is 1. The van der Waals surface area contributed by atoms with Gasteiger partial charge in [-0.3, -0.25) is 23.9 Å². The number of carbonyl (C=O) groups is 1. The quantitative estimate of drug-likeness (QED) is 0.146. The molecule has 3 atom stereocenters. The summed E-state index contributed by atoms with van der Waals surface area (Å²) < 4.78 is 130. The van der Waals surface area contributed by atoms with Crippen molar-refractivity contribution in [1.82, 2.24) is 29.9 Å². The number of amides is 1. The van der Waals surface area contributed by atoms with Crippen molar-refractivity contribution in [2.24, 2.45) is 13.0 Å². The van der Waals surface area contributed by atoms with Crippen molar-refractivity contribution in [1.29, 1.82) is 0 Å². The van der Waals surface area contributed by atoms with Crippen molar-refractivity contribution in [3.05, 3.63) is 87.5 Å². The van der Waals surface area contributed by atoms with Gasteiger partial charge in [0, 0.05) is 35.7 Å². The molecular formula is C33H28ClF7N8O3S. The zero-order valence-corrected chi connectivity index (χ0v) is 29.1. The number of fused-ring (bicyclic) bond motifs is 4. The first kappa shape index (κ1) is 36.4. The lowest BCUT2D eigenvalue weighted by atomic mass is 9.73. The lowest BCUT2D eigenvalue weighted by Gasteiger charge is -2.34. The summed E-state index contributed by atoms with van der Waals surface area (Å²) in [6.07, 6.45) is -3.14. The van der Waals surface area contributed by atoms with E-state index in [2.05, 4.69) is 25.2 Å². The Kier molecular flexibility index (Phi) is 8.67. The number of nitrogen functional groups attached to an aromatic ring is 1. The molecule has 53 heavy (non-hydrogen) atoms. The molecule has 0 bridgehead atoms. The number of anilines is 2. The highest BCUT2D eigenvalue weighted by Crippen LogP contribution is 2.64. The van der Waals surface area contributed by atoms with E-state index in [-0.39, 0.29) is 63.5 Å². The summed E-state index contributed by atoms with van der Waals surface area (Å²) in [6.45, 7) is -1.06. The van der Waals surface area contributed by atoms with Crippen LogP contribution in [-0.4, -0.2) is 45.1 Å². The third kappa shape index (κ3) is 6.53. The first-order chi connectivity index (χ1) is 24.7. The van der Waals surface area contributed by atoms with Gasteiger partial charge in [0.15, 0.2) is 11.5 Å². The third-order valence-corrected chi connectivity index (χ3v) is 10.3. The molecule has 0 unspecified atom stereocenters. The summed E-state index contributed by atoms with van der Waals surface area (Å²) >= 11 is 6.50. The Balaban J connectivity index is 1.34. The van der Waals surface area contributed by atoms with E-state index in [0.717, 1.165) is 18.4 Å². The fraction of sp³-hybridized carbons (Fsp3) is 0.333. The predicted octanol–water partition coefficient (Wildman–Crippen LogP) is 6.44. The summed E-state index contributed by atoms with van der Waals surface area (Å²) in [6, 6.07) is 5.75. The van der Waals surface area contributed by atoms with Gasteiger partial charge in [0.25, 0.3) is 5.92 Å². The molecule has 3 heterocycles. The summed E-state index contributed by atoms with van der Waals surface area (Å²) in [5.74, 6) is -9.13. The van der Waals surface area contributed by atoms with E-state index in [1.807, 2.05) is 0 Å². The number of alkyl halides is 5. The van der Waals surface area contributed by atoms with Gasteiger partial charge in [0.2, 0.25) is 15.9 Å². The molecule has 2 aromatic carbocycles. The highest BCUT2D eigenvalue weighted by Gasteiger charge is 2.63. The normalized spacial score (nSPS) is 18.4. The second kappa shape index (κ2) is 12.6. The topological polar surface area (TPSA) is 150 Å². The Morgan fingerprint density at radius 1 is 1.09 bits per heavy atom. The predicted molar refractivity (Wildman–Crippen MR) is 179 cm³/mol. The minimum absolute atomic E-state index is 0.00807. The number of nitrogens with one attached hydrogen (secondary N) is 2. The Morgan fingerprint density at radius 2 is 1.79 bits per heavy atom. The van der Waals surface area contributed by atoms with Crippen LogP contribution < -0.4 is 15.8 Å². The van der Waals surface area contributed by atoms with E-state index < -0.39 is 81.0 Å². The molecule has 11 nitrogen and oxygen atoms in total. The number of hydrogen-bond donors (Lipinski definition) is 3. The summed E-state index contributed by atoms with van der Waals surface area (Å²) in [5, 5.41) is 10.6. The number of nitrogens with zero attached hydrogens (tertiary/aromatic N) is 5.